The van der Waals surface area contributed by atoms with Crippen molar-refractivity contribution in [1.29, 1.82) is 0 Å². The molecule has 0 unspecified atom stereocenters. The predicted molar refractivity (Wildman–Crippen MR) is 75.0 cm³/mol. The number of rotatable bonds is 6. The molecule has 4 heteroatoms. The zero-order valence-electron chi connectivity index (χ0n) is 11.2. The van der Waals surface area contributed by atoms with Crippen molar-refractivity contribution in [2.24, 2.45) is 5.92 Å². The minimum Gasteiger partial charge on any atom is -0.390 e. The minimum atomic E-state index is -1.05. The number of nitrogens with one attached hydrogen (secondary N) is 1. The fraction of sp³-hybridized carbons (Fsp3) is 0.312. The number of ketones is 3. The first-order valence-electron chi connectivity index (χ1n) is 6.71. The summed E-state index contributed by atoms with van der Waals surface area (Å²) in [5, 5.41) is 2.99. The minimum absolute atomic E-state index is 0.199. The predicted octanol–water partition coefficient (Wildman–Crippen LogP) is 1.45. The van der Waals surface area contributed by atoms with Crippen LogP contribution in [0.25, 0.3) is 0 Å². The molecule has 0 radical (unpaired) electrons. The monoisotopic (exact) mass is 271 g/mol. The summed E-state index contributed by atoms with van der Waals surface area (Å²) < 4.78 is 0. The summed E-state index contributed by atoms with van der Waals surface area (Å²) in [4.78, 5) is 34.5. The van der Waals surface area contributed by atoms with Crippen molar-refractivity contribution in [3.63, 3.8) is 0 Å². The summed E-state index contributed by atoms with van der Waals surface area (Å²) in [7, 11) is 0. The van der Waals surface area contributed by atoms with Gasteiger partial charge >= 0.3 is 0 Å². The Morgan fingerprint density at radius 3 is 2.45 bits per heavy atom. The van der Waals surface area contributed by atoms with E-state index < -0.39 is 11.7 Å². The second kappa shape index (κ2) is 6.80. The maximum atomic E-state index is 11.7. The molecule has 0 amide bonds. The molecular formula is C16H17NO3. The van der Waals surface area contributed by atoms with Crippen molar-refractivity contribution in [3.8, 4) is 0 Å². The van der Waals surface area contributed by atoms with Crippen LogP contribution in [0.4, 0.5) is 0 Å². The number of hydrogen-bond donors (Lipinski definition) is 1. The van der Waals surface area contributed by atoms with Crippen molar-refractivity contribution in [1.82, 2.24) is 5.32 Å². The summed E-state index contributed by atoms with van der Waals surface area (Å²) in [6, 6.07) is 9.99. The molecule has 0 atom stereocenters. The van der Waals surface area contributed by atoms with Crippen molar-refractivity contribution in [2.45, 2.75) is 19.3 Å². The highest BCUT2D eigenvalue weighted by Gasteiger charge is 2.37. The van der Waals surface area contributed by atoms with Crippen LogP contribution >= 0.6 is 0 Å². The van der Waals surface area contributed by atoms with Crippen LogP contribution in [0.15, 0.2) is 42.6 Å². The lowest BCUT2D eigenvalue weighted by molar-refractivity contribution is -0.133. The van der Waals surface area contributed by atoms with Crippen molar-refractivity contribution in [2.75, 3.05) is 6.54 Å². The molecule has 0 saturated heterocycles. The van der Waals surface area contributed by atoms with Gasteiger partial charge in [0.2, 0.25) is 0 Å². The molecular weight excluding hydrogens is 254 g/mol. The second-order valence-corrected chi connectivity index (χ2v) is 4.79. The van der Waals surface area contributed by atoms with Crippen molar-refractivity contribution in [3.05, 3.63) is 48.2 Å². The Morgan fingerprint density at radius 2 is 1.80 bits per heavy atom. The van der Waals surface area contributed by atoms with E-state index in [0.717, 1.165) is 6.42 Å². The number of hydrogen-bond acceptors (Lipinski definition) is 4. The van der Waals surface area contributed by atoms with Gasteiger partial charge in [-0.2, -0.15) is 0 Å². The van der Waals surface area contributed by atoms with Crippen molar-refractivity contribution < 1.29 is 14.4 Å². The number of carbonyl (C=O) groups excluding carboxylic acids is 3. The van der Waals surface area contributed by atoms with Gasteiger partial charge in [0, 0.05) is 25.6 Å². The first-order valence-corrected chi connectivity index (χ1v) is 6.71. The molecule has 2 rings (SSSR count). The zero-order valence-corrected chi connectivity index (χ0v) is 11.2. The molecule has 0 bridgehead atoms. The van der Waals surface area contributed by atoms with E-state index in [1.807, 2.05) is 30.3 Å². The SMILES string of the molecule is O=C(/C=C/NCCc1ccccc1)C1C(=O)CCC1=O. The van der Waals surface area contributed by atoms with Crippen LogP contribution in [-0.4, -0.2) is 23.9 Å². The molecule has 1 aromatic rings. The number of benzene rings is 1. The fourth-order valence-corrected chi connectivity index (χ4v) is 2.21. The molecule has 1 N–H and O–H groups in total. The molecule has 1 aliphatic carbocycles. The molecule has 20 heavy (non-hydrogen) atoms. The van der Waals surface area contributed by atoms with Gasteiger partial charge in [-0.1, -0.05) is 30.3 Å². The Hall–Kier alpha value is -2.23. The van der Waals surface area contributed by atoms with E-state index in [9.17, 15) is 14.4 Å². The largest absolute Gasteiger partial charge is 0.390 e. The maximum Gasteiger partial charge on any atom is 0.175 e. The molecule has 0 spiro atoms. The Bertz CT molecular complexity index is 518. The van der Waals surface area contributed by atoms with Gasteiger partial charge in [-0.15, -0.1) is 0 Å². The summed E-state index contributed by atoms with van der Waals surface area (Å²) in [6.07, 6.45) is 4.05. The van der Waals surface area contributed by atoms with Crippen LogP contribution in [0.2, 0.25) is 0 Å². The van der Waals surface area contributed by atoms with E-state index >= 15 is 0 Å². The van der Waals surface area contributed by atoms with E-state index in [-0.39, 0.29) is 24.4 Å². The molecule has 1 saturated carbocycles. The lowest BCUT2D eigenvalue weighted by Gasteiger charge is -2.03. The molecule has 4 nitrogen and oxygen atoms in total. The maximum absolute atomic E-state index is 11.7. The van der Waals surface area contributed by atoms with Crippen LogP contribution in [0.3, 0.4) is 0 Å². The number of Topliss-reactive ketones (excluding diaryl/α,β-unsaturated/α-hetero) is 2. The highest BCUT2D eigenvalue weighted by atomic mass is 16.2. The Labute approximate surface area is 117 Å². The lowest BCUT2D eigenvalue weighted by atomic mass is 10.0. The topological polar surface area (TPSA) is 63.2 Å². The van der Waals surface area contributed by atoms with Gasteiger partial charge in [0.1, 0.15) is 5.92 Å². The summed E-state index contributed by atoms with van der Waals surface area (Å²) in [5.74, 6) is -1.98. The van der Waals surface area contributed by atoms with Crippen LogP contribution in [0.1, 0.15) is 18.4 Å². The Kier molecular flexibility index (Phi) is 4.82. The molecule has 0 aromatic heterocycles. The quantitative estimate of drug-likeness (QED) is 0.483. The van der Waals surface area contributed by atoms with Gasteiger partial charge in [0.05, 0.1) is 0 Å². The highest BCUT2D eigenvalue weighted by molar-refractivity contribution is 6.25. The third kappa shape index (κ3) is 3.63. The molecule has 0 aliphatic heterocycles. The number of allylic oxidation sites excluding steroid dienone is 1. The van der Waals surface area contributed by atoms with E-state index in [1.54, 1.807) is 0 Å². The van der Waals surface area contributed by atoms with Gasteiger partial charge in [-0.3, -0.25) is 14.4 Å². The van der Waals surface area contributed by atoms with Crippen LogP contribution < -0.4 is 5.32 Å². The molecule has 1 fully saturated rings. The lowest BCUT2D eigenvalue weighted by Crippen LogP contribution is -2.23. The van der Waals surface area contributed by atoms with E-state index in [1.165, 1.54) is 17.8 Å². The van der Waals surface area contributed by atoms with Gasteiger partial charge in [0.15, 0.2) is 17.3 Å². The van der Waals surface area contributed by atoms with Gasteiger partial charge in [-0.25, -0.2) is 0 Å². The summed E-state index contributed by atoms with van der Waals surface area (Å²) in [5.41, 5.74) is 1.21. The first-order chi connectivity index (χ1) is 9.68. The highest BCUT2D eigenvalue weighted by Crippen LogP contribution is 2.18. The van der Waals surface area contributed by atoms with Gasteiger partial charge < -0.3 is 5.32 Å². The normalized spacial score (nSPS) is 16.0. The average Bonchev–Trinajstić information content (AvgIpc) is 2.79. The first kappa shape index (κ1) is 14.2. The van der Waals surface area contributed by atoms with E-state index in [2.05, 4.69) is 5.32 Å². The van der Waals surface area contributed by atoms with Crippen LogP contribution in [0, 0.1) is 5.92 Å². The Morgan fingerprint density at radius 1 is 1.15 bits per heavy atom. The second-order valence-electron chi connectivity index (χ2n) is 4.79. The fourth-order valence-electron chi connectivity index (χ4n) is 2.21. The van der Waals surface area contributed by atoms with E-state index in [0.29, 0.717) is 6.54 Å². The molecule has 1 aliphatic rings. The van der Waals surface area contributed by atoms with E-state index in [4.69, 9.17) is 0 Å². The Balaban J connectivity index is 1.75. The molecule has 0 heterocycles. The zero-order chi connectivity index (χ0) is 14.4. The van der Waals surface area contributed by atoms with Crippen LogP contribution in [0.5, 0.6) is 0 Å². The molecule has 104 valence electrons. The van der Waals surface area contributed by atoms with Gasteiger partial charge in [0.25, 0.3) is 0 Å². The third-order valence-corrected chi connectivity index (χ3v) is 3.31. The standard InChI is InChI=1S/C16H17NO3/c18-13-6-7-14(19)16(13)15(20)9-11-17-10-8-12-4-2-1-3-5-12/h1-5,9,11,16-17H,6-8,10H2/b11-9+. The smallest absolute Gasteiger partial charge is 0.175 e. The van der Waals surface area contributed by atoms with Gasteiger partial charge in [-0.05, 0) is 18.1 Å². The van der Waals surface area contributed by atoms with Crippen molar-refractivity contribution >= 4 is 17.3 Å². The number of carbonyl (C=O) groups is 3. The average molecular weight is 271 g/mol. The summed E-state index contributed by atoms with van der Waals surface area (Å²) in [6.45, 7) is 0.695. The summed E-state index contributed by atoms with van der Waals surface area (Å²) >= 11 is 0. The van der Waals surface area contributed by atoms with Crippen LogP contribution in [-0.2, 0) is 20.8 Å². The third-order valence-electron chi connectivity index (χ3n) is 3.31. The molecule has 1 aromatic carbocycles.